The molecule has 8 nitrogen and oxygen atoms in total. The van der Waals surface area contributed by atoms with Gasteiger partial charge >= 0.3 is 0 Å². The van der Waals surface area contributed by atoms with Crippen molar-refractivity contribution in [2.75, 3.05) is 26.2 Å². The Morgan fingerprint density at radius 2 is 1.48 bits per heavy atom. The second kappa shape index (κ2) is 12.8. The van der Waals surface area contributed by atoms with E-state index in [0.717, 1.165) is 0 Å². The summed E-state index contributed by atoms with van der Waals surface area (Å²) >= 11 is 0. The third kappa shape index (κ3) is 6.73. The molecule has 3 aromatic rings. The minimum atomic E-state index is -0.811. The van der Waals surface area contributed by atoms with E-state index in [-0.39, 0.29) is 65.4 Å². The Morgan fingerprint density at radius 3 is 2.00 bits per heavy atom. The van der Waals surface area contributed by atoms with Gasteiger partial charge < -0.3 is 15.1 Å². The first-order valence-electron chi connectivity index (χ1n) is 13.2. The molecule has 1 saturated heterocycles. The van der Waals surface area contributed by atoms with E-state index in [1.807, 2.05) is 4.90 Å². The molecule has 4 rings (SSSR count). The average molecular weight is 549 g/mol. The zero-order chi connectivity index (χ0) is 28.8. The molecule has 9 heteroatoms. The van der Waals surface area contributed by atoms with Gasteiger partial charge in [0.05, 0.1) is 6.61 Å². The lowest BCUT2D eigenvalue weighted by molar-refractivity contribution is -0.131. The van der Waals surface area contributed by atoms with Gasteiger partial charge in [-0.1, -0.05) is 42.5 Å². The fraction of sp³-hybridized carbons (Fsp3) is 0.323. The zero-order valence-electron chi connectivity index (χ0n) is 22.5. The van der Waals surface area contributed by atoms with Crippen molar-refractivity contribution in [1.29, 1.82) is 0 Å². The van der Waals surface area contributed by atoms with E-state index >= 15 is 4.39 Å². The number of phenolic OH excluding ortho intramolecular Hbond substituents is 2. The van der Waals surface area contributed by atoms with Crippen LogP contribution in [0.15, 0.2) is 66.7 Å². The van der Waals surface area contributed by atoms with Crippen molar-refractivity contribution in [3.8, 4) is 11.5 Å². The smallest absolute Gasteiger partial charge is 0.240 e. The van der Waals surface area contributed by atoms with Crippen LogP contribution in [-0.2, 0) is 9.63 Å². The van der Waals surface area contributed by atoms with Gasteiger partial charge in [-0.05, 0) is 48.7 Å². The molecule has 1 heterocycles. The number of phenols is 2. The van der Waals surface area contributed by atoms with E-state index in [2.05, 4.69) is 5.48 Å². The first-order chi connectivity index (χ1) is 19.2. The van der Waals surface area contributed by atoms with Crippen molar-refractivity contribution in [2.45, 2.75) is 26.2 Å². The molecule has 3 aromatic carbocycles. The molecule has 0 spiro atoms. The predicted molar refractivity (Wildman–Crippen MR) is 147 cm³/mol. The molecule has 40 heavy (non-hydrogen) atoms. The lowest BCUT2D eigenvalue weighted by Crippen LogP contribution is -2.51. The van der Waals surface area contributed by atoms with Gasteiger partial charge in [-0.25, -0.2) is 9.87 Å². The van der Waals surface area contributed by atoms with Gasteiger partial charge in [0.1, 0.15) is 17.3 Å². The Morgan fingerprint density at radius 1 is 0.925 bits per heavy atom. The molecule has 0 unspecified atom stereocenters. The van der Waals surface area contributed by atoms with Gasteiger partial charge in [0.25, 0.3) is 0 Å². The second-order valence-electron chi connectivity index (χ2n) is 10.2. The second-order valence-corrected chi connectivity index (χ2v) is 10.2. The minimum absolute atomic E-state index is 0.0701. The summed E-state index contributed by atoms with van der Waals surface area (Å²) in [6.07, 6.45) is 0.504. The third-order valence-electron chi connectivity index (χ3n) is 7.23. The largest absolute Gasteiger partial charge is 0.508 e. The summed E-state index contributed by atoms with van der Waals surface area (Å²) < 4.78 is 15.7. The van der Waals surface area contributed by atoms with E-state index in [1.165, 1.54) is 31.2 Å². The Kier molecular flexibility index (Phi) is 9.29. The van der Waals surface area contributed by atoms with Gasteiger partial charge in [0.2, 0.25) is 5.91 Å². The van der Waals surface area contributed by atoms with Gasteiger partial charge in [0.15, 0.2) is 11.6 Å². The van der Waals surface area contributed by atoms with Gasteiger partial charge in [-0.2, -0.15) is 0 Å². The number of rotatable bonds is 10. The van der Waals surface area contributed by atoms with Crippen molar-refractivity contribution in [3.05, 3.63) is 94.8 Å². The molecule has 1 aliphatic heterocycles. The van der Waals surface area contributed by atoms with Crippen LogP contribution in [0, 0.1) is 24.6 Å². The summed E-state index contributed by atoms with van der Waals surface area (Å²) in [4.78, 5) is 46.2. The monoisotopic (exact) mass is 548 g/mol. The van der Waals surface area contributed by atoms with Crippen LogP contribution in [0.1, 0.15) is 51.1 Å². The fourth-order valence-electron chi connectivity index (χ4n) is 5.43. The molecule has 1 fully saturated rings. The number of aromatic hydroxyl groups is 2. The number of hydrogen-bond donors (Lipinski definition) is 3. The van der Waals surface area contributed by atoms with Crippen molar-refractivity contribution < 1.29 is 33.8 Å². The van der Waals surface area contributed by atoms with E-state index in [9.17, 15) is 24.6 Å². The fourth-order valence-corrected chi connectivity index (χ4v) is 5.43. The van der Waals surface area contributed by atoms with Crippen LogP contribution in [0.25, 0.3) is 0 Å². The lowest BCUT2D eigenvalue weighted by Gasteiger charge is -2.43. The number of aryl methyl sites for hydroxylation is 1. The van der Waals surface area contributed by atoms with Crippen LogP contribution in [0.4, 0.5) is 4.39 Å². The van der Waals surface area contributed by atoms with Gasteiger partial charge in [0, 0.05) is 55.4 Å². The molecule has 0 radical (unpaired) electrons. The molecule has 0 bridgehead atoms. The maximum Gasteiger partial charge on any atom is 0.240 e. The van der Waals surface area contributed by atoms with Crippen LogP contribution < -0.4 is 5.48 Å². The summed E-state index contributed by atoms with van der Waals surface area (Å²) in [6, 6.07) is 17.0. The molecule has 0 aliphatic carbocycles. The molecule has 3 N–H and O–H groups in total. The van der Waals surface area contributed by atoms with Crippen molar-refractivity contribution in [2.24, 2.45) is 11.8 Å². The van der Waals surface area contributed by atoms with Gasteiger partial charge in [-0.3, -0.25) is 19.2 Å². The van der Waals surface area contributed by atoms with Crippen molar-refractivity contribution >= 4 is 17.5 Å². The van der Waals surface area contributed by atoms with E-state index in [1.54, 1.807) is 49.4 Å². The summed E-state index contributed by atoms with van der Waals surface area (Å²) in [6.45, 7) is 4.15. The summed E-state index contributed by atoms with van der Waals surface area (Å²) in [5, 5.41) is 20.1. The maximum absolute atomic E-state index is 15.7. The highest BCUT2D eigenvalue weighted by atomic mass is 19.1. The number of piperidine rings is 1. The normalized spacial score (nSPS) is 17.9. The molecule has 1 amide bonds. The van der Waals surface area contributed by atoms with Crippen molar-refractivity contribution in [3.63, 3.8) is 0 Å². The molecule has 0 saturated carbocycles. The molecule has 1 aliphatic rings. The first kappa shape index (κ1) is 28.9. The Balaban J connectivity index is 1.76. The number of halogens is 1. The number of hydrogen-bond acceptors (Lipinski definition) is 7. The van der Waals surface area contributed by atoms with E-state index in [0.29, 0.717) is 18.5 Å². The number of hydroxylamine groups is 1. The number of benzene rings is 3. The number of nitrogens with zero attached hydrogens (tertiary/aromatic N) is 1. The van der Waals surface area contributed by atoms with Crippen LogP contribution in [0.2, 0.25) is 0 Å². The highest BCUT2D eigenvalue weighted by Gasteiger charge is 2.45. The van der Waals surface area contributed by atoms with E-state index < -0.39 is 23.6 Å². The number of amides is 1. The number of nitrogens with one attached hydrogen (secondary N) is 1. The zero-order valence-corrected chi connectivity index (χ0v) is 22.5. The van der Waals surface area contributed by atoms with Crippen LogP contribution in [0.3, 0.4) is 0 Å². The Labute approximate surface area is 232 Å². The first-order valence-corrected chi connectivity index (χ1v) is 13.2. The van der Waals surface area contributed by atoms with Crippen LogP contribution >= 0.6 is 0 Å². The Bertz CT molecular complexity index is 1330. The topological polar surface area (TPSA) is 116 Å². The number of likely N-dealkylation sites (tertiary alicyclic amines) is 1. The quantitative estimate of drug-likeness (QED) is 0.195. The number of carbonyl (C=O) groups excluding carboxylic acids is 3. The molecule has 2 atom stereocenters. The highest BCUT2D eigenvalue weighted by molar-refractivity contribution is 6.02. The number of Topliss-reactive ketones (excluding diaryl/α,β-unsaturated/α-hetero) is 2. The molecular weight excluding hydrogens is 515 g/mol. The SMILES string of the molecule is CC(=O)NOCCCN1C[C@H](C(=O)c2cccc(O)c2)C(c2cccc(C)c2F)[C@@H](C(=O)c2cccc(O)c2)C1. The summed E-state index contributed by atoms with van der Waals surface area (Å²) in [5.74, 6) is -3.97. The number of carbonyl (C=O) groups is 3. The third-order valence-corrected chi connectivity index (χ3v) is 7.23. The molecular formula is C31H33FN2O6. The van der Waals surface area contributed by atoms with Gasteiger partial charge in [-0.15, -0.1) is 0 Å². The number of ketones is 2. The molecule has 0 aromatic heterocycles. The summed E-state index contributed by atoms with van der Waals surface area (Å²) in [5.41, 5.74) is 3.50. The standard InChI is InChI=1S/C31H33FN2O6/c1-19-7-3-12-25(29(19)32)28-26(30(38)21-8-4-10-23(36)15-21)17-34(13-6-14-40-33-20(2)35)18-27(28)31(39)22-9-5-11-24(37)16-22/h3-5,7-12,15-16,26-28,36-37H,6,13-14,17-18H2,1-2H3,(H,33,35)/t26-,27-/m0/s1. The minimum Gasteiger partial charge on any atom is -0.508 e. The van der Waals surface area contributed by atoms with Crippen LogP contribution in [0.5, 0.6) is 11.5 Å². The summed E-state index contributed by atoms with van der Waals surface area (Å²) in [7, 11) is 0. The predicted octanol–water partition coefficient (Wildman–Crippen LogP) is 4.40. The van der Waals surface area contributed by atoms with Crippen LogP contribution in [-0.4, -0.2) is 58.8 Å². The van der Waals surface area contributed by atoms with Crippen molar-refractivity contribution in [1.82, 2.24) is 10.4 Å². The highest BCUT2D eigenvalue weighted by Crippen LogP contribution is 2.42. The van der Waals surface area contributed by atoms with E-state index in [4.69, 9.17) is 4.84 Å². The maximum atomic E-state index is 15.7. The Hall–Kier alpha value is -4.08. The lowest BCUT2D eigenvalue weighted by atomic mass is 9.68. The molecule has 210 valence electrons. The average Bonchev–Trinajstić information content (AvgIpc) is 2.93.